The Balaban J connectivity index is 1.45. The van der Waals surface area contributed by atoms with Crippen LogP contribution in [0.5, 0.6) is 11.5 Å². The van der Waals surface area contributed by atoms with E-state index >= 15 is 0 Å². The summed E-state index contributed by atoms with van der Waals surface area (Å²) >= 11 is 3.24. The number of piperazine rings is 1. The lowest BCUT2D eigenvalue weighted by molar-refractivity contribution is 0.0739. The van der Waals surface area contributed by atoms with Gasteiger partial charge in [0.15, 0.2) is 5.01 Å². The minimum atomic E-state index is -0.0783. The molecule has 1 aliphatic rings. The fourth-order valence-corrected chi connectivity index (χ4v) is 4.85. The van der Waals surface area contributed by atoms with Crippen molar-refractivity contribution in [2.75, 3.05) is 45.3 Å². The topological polar surface area (TPSA) is 67.8 Å². The zero-order valence-electron chi connectivity index (χ0n) is 15.6. The van der Waals surface area contributed by atoms with Gasteiger partial charge in [-0.05, 0) is 23.6 Å². The maximum atomic E-state index is 13.1. The predicted molar refractivity (Wildman–Crippen MR) is 111 cm³/mol. The normalized spacial score (nSPS) is 14.2. The van der Waals surface area contributed by atoms with Crippen molar-refractivity contribution in [3.05, 3.63) is 41.3 Å². The van der Waals surface area contributed by atoms with E-state index in [0.29, 0.717) is 43.2 Å². The van der Waals surface area contributed by atoms with Crippen LogP contribution in [0, 0.1) is 0 Å². The van der Waals surface area contributed by atoms with Gasteiger partial charge >= 0.3 is 0 Å². The number of carbonyl (C=O) groups is 1. The molecule has 3 aromatic rings. The number of benzene rings is 1. The number of hydrogen-bond donors (Lipinski definition) is 0. The molecule has 0 saturated carbocycles. The van der Waals surface area contributed by atoms with E-state index in [1.165, 1.54) is 0 Å². The Kier molecular flexibility index (Phi) is 5.45. The SMILES string of the molecule is COc1cccc(OC)c1C(=O)N1CCN(c2nnc(-c3cccs3)s2)CC1. The lowest BCUT2D eigenvalue weighted by Gasteiger charge is -2.34. The van der Waals surface area contributed by atoms with Crippen molar-refractivity contribution < 1.29 is 14.3 Å². The first kappa shape index (κ1) is 18.7. The van der Waals surface area contributed by atoms with Gasteiger partial charge in [0, 0.05) is 26.2 Å². The van der Waals surface area contributed by atoms with Crippen molar-refractivity contribution in [2.45, 2.75) is 0 Å². The molecule has 0 aliphatic carbocycles. The lowest BCUT2D eigenvalue weighted by atomic mass is 10.1. The largest absolute Gasteiger partial charge is 0.496 e. The molecule has 0 bridgehead atoms. The Morgan fingerprint density at radius 3 is 2.32 bits per heavy atom. The van der Waals surface area contributed by atoms with Crippen molar-refractivity contribution in [1.82, 2.24) is 15.1 Å². The number of aromatic nitrogens is 2. The average Bonchev–Trinajstić information content (AvgIpc) is 3.44. The van der Waals surface area contributed by atoms with Crippen LogP contribution in [0.25, 0.3) is 9.88 Å². The van der Waals surface area contributed by atoms with Gasteiger partial charge in [0.05, 0.1) is 19.1 Å². The van der Waals surface area contributed by atoms with E-state index in [1.54, 1.807) is 49.0 Å². The van der Waals surface area contributed by atoms with Crippen LogP contribution in [0.15, 0.2) is 35.7 Å². The van der Waals surface area contributed by atoms with Gasteiger partial charge in [-0.25, -0.2) is 0 Å². The predicted octanol–water partition coefficient (Wildman–Crippen LogP) is 3.25. The highest BCUT2D eigenvalue weighted by atomic mass is 32.1. The van der Waals surface area contributed by atoms with Gasteiger partial charge in [-0.2, -0.15) is 0 Å². The van der Waals surface area contributed by atoms with Crippen LogP contribution in [0.2, 0.25) is 0 Å². The zero-order chi connectivity index (χ0) is 19.5. The highest BCUT2D eigenvalue weighted by molar-refractivity contribution is 7.22. The zero-order valence-corrected chi connectivity index (χ0v) is 17.3. The van der Waals surface area contributed by atoms with E-state index in [2.05, 4.69) is 15.1 Å². The number of anilines is 1. The third kappa shape index (κ3) is 3.55. The van der Waals surface area contributed by atoms with Gasteiger partial charge in [0.25, 0.3) is 5.91 Å². The second-order valence-corrected chi connectivity index (χ2v) is 8.09. The Morgan fingerprint density at radius 1 is 1.00 bits per heavy atom. The van der Waals surface area contributed by atoms with E-state index in [0.717, 1.165) is 15.0 Å². The number of ether oxygens (including phenoxy) is 2. The second-order valence-electron chi connectivity index (χ2n) is 6.18. The molecule has 1 amide bonds. The highest BCUT2D eigenvalue weighted by Crippen LogP contribution is 2.33. The number of amides is 1. The number of thiophene rings is 1. The minimum absolute atomic E-state index is 0.0783. The second kappa shape index (κ2) is 8.15. The van der Waals surface area contributed by atoms with Crippen LogP contribution in [-0.4, -0.2) is 61.4 Å². The summed E-state index contributed by atoms with van der Waals surface area (Å²) in [5.74, 6) is 0.971. The summed E-state index contributed by atoms with van der Waals surface area (Å²) in [5, 5.41) is 12.5. The molecule has 0 radical (unpaired) electrons. The number of carbonyl (C=O) groups excluding carboxylic acids is 1. The van der Waals surface area contributed by atoms with E-state index < -0.39 is 0 Å². The quantitative estimate of drug-likeness (QED) is 0.636. The molecule has 0 unspecified atom stereocenters. The van der Waals surface area contributed by atoms with Gasteiger partial charge in [-0.15, -0.1) is 21.5 Å². The smallest absolute Gasteiger partial charge is 0.261 e. The van der Waals surface area contributed by atoms with Crippen molar-refractivity contribution in [1.29, 1.82) is 0 Å². The molecule has 4 rings (SSSR count). The van der Waals surface area contributed by atoms with Crippen molar-refractivity contribution >= 4 is 33.7 Å². The molecule has 2 aromatic heterocycles. The fraction of sp³-hybridized carbons (Fsp3) is 0.316. The molecule has 9 heteroatoms. The average molecular weight is 417 g/mol. The molecule has 28 heavy (non-hydrogen) atoms. The first-order chi connectivity index (χ1) is 13.7. The Hall–Kier alpha value is -2.65. The Labute approximate surface area is 171 Å². The summed E-state index contributed by atoms with van der Waals surface area (Å²) in [6.45, 7) is 2.63. The number of rotatable bonds is 5. The number of nitrogens with zero attached hydrogens (tertiary/aromatic N) is 4. The van der Waals surface area contributed by atoms with Crippen LogP contribution >= 0.6 is 22.7 Å². The monoisotopic (exact) mass is 416 g/mol. The lowest BCUT2D eigenvalue weighted by Crippen LogP contribution is -2.48. The van der Waals surface area contributed by atoms with Crippen LogP contribution in [0.1, 0.15) is 10.4 Å². The molecule has 1 aromatic carbocycles. The molecule has 1 aliphatic heterocycles. The van der Waals surface area contributed by atoms with Gasteiger partial charge in [-0.1, -0.05) is 23.5 Å². The molecule has 7 nitrogen and oxygen atoms in total. The van der Waals surface area contributed by atoms with E-state index in [-0.39, 0.29) is 5.91 Å². The molecule has 1 saturated heterocycles. The third-order valence-electron chi connectivity index (χ3n) is 4.63. The number of hydrogen-bond acceptors (Lipinski definition) is 8. The summed E-state index contributed by atoms with van der Waals surface area (Å²) in [5.41, 5.74) is 0.469. The molecule has 0 atom stereocenters. The van der Waals surface area contributed by atoms with E-state index in [9.17, 15) is 4.79 Å². The van der Waals surface area contributed by atoms with Gasteiger partial charge in [0.2, 0.25) is 5.13 Å². The first-order valence-corrected chi connectivity index (χ1v) is 10.5. The minimum Gasteiger partial charge on any atom is -0.496 e. The summed E-state index contributed by atoms with van der Waals surface area (Å²) in [6.07, 6.45) is 0. The highest BCUT2D eigenvalue weighted by Gasteiger charge is 2.28. The molecule has 0 spiro atoms. The fourth-order valence-electron chi connectivity index (χ4n) is 3.16. The third-order valence-corrected chi connectivity index (χ3v) is 6.65. The molecule has 146 valence electrons. The molecule has 3 heterocycles. The Bertz CT molecular complexity index is 928. The summed E-state index contributed by atoms with van der Waals surface area (Å²) in [7, 11) is 3.12. The van der Waals surface area contributed by atoms with Crippen LogP contribution < -0.4 is 14.4 Å². The molecule has 1 fully saturated rings. The number of methoxy groups -OCH3 is 2. The van der Waals surface area contributed by atoms with Crippen LogP contribution in [0.3, 0.4) is 0 Å². The molecule has 0 N–H and O–H groups in total. The standard InChI is InChI=1S/C19H20N4O3S2/c1-25-13-5-3-6-14(26-2)16(13)18(24)22-8-10-23(11-9-22)19-21-20-17(28-19)15-7-4-12-27-15/h3-7,12H,8-11H2,1-2H3. The van der Waals surface area contributed by atoms with Gasteiger partial charge in [0.1, 0.15) is 17.1 Å². The van der Waals surface area contributed by atoms with Crippen molar-refractivity contribution in [2.24, 2.45) is 0 Å². The summed E-state index contributed by atoms with van der Waals surface area (Å²) in [6, 6.07) is 9.43. The maximum absolute atomic E-state index is 13.1. The van der Waals surface area contributed by atoms with Gasteiger partial charge in [-0.3, -0.25) is 4.79 Å². The van der Waals surface area contributed by atoms with Crippen molar-refractivity contribution in [3.8, 4) is 21.4 Å². The van der Waals surface area contributed by atoms with Crippen LogP contribution in [-0.2, 0) is 0 Å². The first-order valence-electron chi connectivity index (χ1n) is 8.84. The van der Waals surface area contributed by atoms with Crippen LogP contribution in [0.4, 0.5) is 5.13 Å². The molecular formula is C19H20N4O3S2. The van der Waals surface area contributed by atoms with E-state index in [1.807, 2.05) is 28.5 Å². The Morgan fingerprint density at radius 2 is 1.71 bits per heavy atom. The van der Waals surface area contributed by atoms with E-state index in [4.69, 9.17) is 9.47 Å². The summed E-state index contributed by atoms with van der Waals surface area (Å²) < 4.78 is 10.7. The summed E-state index contributed by atoms with van der Waals surface area (Å²) in [4.78, 5) is 18.2. The van der Waals surface area contributed by atoms with Crippen molar-refractivity contribution in [3.63, 3.8) is 0 Å². The maximum Gasteiger partial charge on any atom is 0.261 e. The molecular weight excluding hydrogens is 396 g/mol. The van der Waals surface area contributed by atoms with Gasteiger partial charge < -0.3 is 19.3 Å².